The lowest BCUT2D eigenvalue weighted by atomic mass is 9.99. The number of nitrogens with zero attached hydrogens (tertiary/aromatic N) is 6. The van der Waals surface area contributed by atoms with Crippen molar-refractivity contribution in [3.63, 3.8) is 0 Å². The van der Waals surface area contributed by atoms with E-state index in [2.05, 4.69) is 25.6 Å². The molecule has 0 saturated carbocycles. The van der Waals surface area contributed by atoms with Crippen molar-refractivity contribution in [3.05, 3.63) is 42.2 Å². The van der Waals surface area contributed by atoms with Gasteiger partial charge in [-0.1, -0.05) is 35.5 Å². The minimum absolute atomic E-state index is 0.000575. The third-order valence-electron chi connectivity index (χ3n) is 4.25. The second-order valence-electron chi connectivity index (χ2n) is 5.82. The van der Waals surface area contributed by atoms with Gasteiger partial charge in [-0.3, -0.25) is 4.79 Å². The number of aromatic nitrogens is 5. The largest absolute Gasteiger partial charge is 0.359 e. The molecule has 1 fully saturated rings. The Morgan fingerprint density at radius 2 is 2.04 bits per heavy atom. The van der Waals surface area contributed by atoms with Gasteiger partial charge in [0, 0.05) is 20.1 Å². The van der Waals surface area contributed by atoms with Crippen LogP contribution in [0.25, 0.3) is 11.2 Å². The number of carbonyl (C=O) groups is 1. The predicted molar refractivity (Wildman–Crippen MR) is 88.4 cm³/mol. The number of nitrogens with one attached hydrogen (secondary N) is 1. The third kappa shape index (κ3) is 2.45. The van der Waals surface area contributed by atoms with Crippen LogP contribution < -0.4 is 10.2 Å². The first-order valence-corrected chi connectivity index (χ1v) is 7.81. The third-order valence-corrected chi connectivity index (χ3v) is 4.25. The Kier molecular flexibility index (Phi) is 3.56. The van der Waals surface area contributed by atoms with Crippen LogP contribution in [0, 0.1) is 5.92 Å². The Bertz CT molecular complexity index is 871. The Morgan fingerprint density at radius 3 is 2.79 bits per heavy atom. The van der Waals surface area contributed by atoms with E-state index in [1.807, 2.05) is 35.2 Å². The van der Waals surface area contributed by atoms with Crippen molar-refractivity contribution in [2.45, 2.75) is 6.54 Å². The summed E-state index contributed by atoms with van der Waals surface area (Å²) in [6, 6.07) is 10.1. The fourth-order valence-corrected chi connectivity index (χ4v) is 2.90. The van der Waals surface area contributed by atoms with Crippen molar-refractivity contribution in [2.75, 3.05) is 25.0 Å². The van der Waals surface area contributed by atoms with Gasteiger partial charge >= 0.3 is 0 Å². The van der Waals surface area contributed by atoms with Gasteiger partial charge in [-0.25, -0.2) is 14.6 Å². The summed E-state index contributed by atoms with van der Waals surface area (Å²) in [4.78, 5) is 22.3. The van der Waals surface area contributed by atoms with Gasteiger partial charge in [0.15, 0.2) is 17.0 Å². The zero-order chi connectivity index (χ0) is 16.5. The first kappa shape index (κ1) is 14.6. The predicted octanol–water partition coefficient (Wildman–Crippen LogP) is 0.452. The molecule has 3 aromatic rings. The summed E-state index contributed by atoms with van der Waals surface area (Å²) in [6.45, 7) is 1.88. The van der Waals surface area contributed by atoms with E-state index in [4.69, 9.17) is 0 Å². The van der Waals surface area contributed by atoms with Gasteiger partial charge in [0.1, 0.15) is 6.33 Å². The van der Waals surface area contributed by atoms with Crippen LogP contribution >= 0.6 is 0 Å². The van der Waals surface area contributed by atoms with Crippen molar-refractivity contribution in [2.24, 2.45) is 5.92 Å². The second kappa shape index (κ2) is 5.88. The molecule has 0 radical (unpaired) electrons. The van der Waals surface area contributed by atoms with E-state index in [1.165, 1.54) is 6.33 Å². The molecule has 4 rings (SSSR count). The number of hydrogen-bond donors (Lipinski definition) is 1. The fraction of sp³-hybridized carbons (Fsp3) is 0.312. The average molecular weight is 323 g/mol. The van der Waals surface area contributed by atoms with Crippen LogP contribution in [0.1, 0.15) is 5.56 Å². The first-order chi connectivity index (χ1) is 11.8. The van der Waals surface area contributed by atoms with Crippen LogP contribution in [0.15, 0.2) is 36.7 Å². The van der Waals surface area contributed by atoms with Crippen molar-refractivity contribution in [1.29, 1.82) is 0 Å². The normalized spacial score (nSPS) is 14.6. The smallest absolute Gasteiger partial charge is 0.226 e. The number of fused-ring (bicyclic) bond motifs is 1. The lowest BCUT2D eigenvalue weighted by molar-refractivity contribution is -0.125. The van der Waals surface area contributed by atoms with Crippen molar-refractivity contribution < 1.29 is 4.79 Å². The molecule has 0 aliphatic carbocycles. The summed E-state index contributed by atoms with van der Waals surface area (Å²) >= 11 is 0. The highest BCUT2D eigenvalue weighted by atomic mass is 16.1. The van der Waals surface area contributed by atoms with Crippen LogP contribution in [0.5, 0.6) is 0 Å². The summed E-state index contributed by atoms with van der Waals surface area (Å²) in [5, 5.41) is 11.2. The molecule has 1 saturated heterocycles. The number of carbonyl (C=O) groups excluding carboxylic acids is 1. The number of hydrogen-bond acceptors (Lipinski definition) is 6. The quantitative estimate of drug-likeness (QED) is 0.750. The van der Waals surface area contributed by atoms with Crippen molar-refractivity contribution >= 4 is 22.9 Å². The van der Waals surface area contributed by atoms with Gasteiger partial charge in [0.2, 0.25) is 5.91 Å². The molecule has 0 bridgehead atoms. The molecule has 1 amide bonds. The van der Waals surface area contributed by atoms with E-state index < -0.39 is 0 Å². The van der Waals surface area contributed by atoms with E-state index in [0.717, 1.165) is 11.4 Å². The molecule has 3 heterocycles. The minimum atomic E-state index is -0.000575. The molecule has 1 aliphatic rings. The molecular weight excluding hydrogens is 306 g/mol. The minimum Gasteiger partial charge on any atom is -0.359 e. The summed E-state index contributed by atoms with van der Waals surface area (Å²) < 4.78 is 1.77. The number of anilines is 1. The first-order valence-electron chi connectivity index (χ1n) is 7.81. The molecule has 1 N–H and O–H groups in total. The van der Waals surface area contributed by atoms with Gasteiger partial charge in [0.25, 0.3) is 0 Å². The van der Waals surface area contributed by atoms with Gasteiger partial charge in [-0.05, 0) is 5.56 Å². The Hall–Kier alpha value is -3.03. The molecule has 8 heteroatoms. The van der Waals surface area contributed by atoms with E-state index >= 15 is 0 Å². The van der Waals surface area contributed by atoms with E-state index in [9.17, 15) is 4.79 Å². The molecule has 8 nitrogen and oxygen atoms in total. The fourth-order valence-electron chi connectivity index (χ4n) is 2.90. The molecule has 1 aliphatic heterocycles. The van der Waals surface area contributed by atoms with Crippen molar-refractivity contribution in [1.82, 2.24) is 30.3 Å². The Labute approximate surface area is 138 Å². The molecule has 0 spiro atoms. The second-order valence-corrected chi connectivity index (χ2v) is 5.82. The molecule has 24 heavy (non-hydrogen) atoms. The van der Waals surface area contributed by atoms with Gasteiger partial charge < -0.3 is 10.2 Å². The molecule has 0 atom stereocenters. The Balaban J connectivity index is 1.60. The zero-order valence-corrected chi connectivity index (χ0v) is 13.3. The van der Waals surface area contributed by atoms with E-state index in [-0.39, 0.29) is 11.8 Å². The van der Waals surface area contributed by atoms with Crippen LogP contribution in [-0.4, -0.2) is 51.0 Å². The highest BCUT2D eigenvalue weighted by Gasteiger charge is 2.34. The maximum atomic E-state index is 11.6. The lowest BCUT2D eigenvalue weighted by Gasteiger charge is -2.38. The molecular formula is C16H17N7O. The standard InChI is InChI=1S/C16H17N7O/c1-17-16(24)12-8-22(9-12)14-13-15(19-10-18-14)23(21-20-13)7-11-5-3-2-4-6-11/h2-6,10,12H,7-9H2,1H3,(H,17,24). The Morgan fingerprint density at radius 1 is 1.25 bits per heavy atom. The van der Waals surface area contributed by atoms with Gasteiger partial charge in [-0.2, -0.15) is 0 Å². The topological polar surface area (TPSA) is 88.8 Å². The lowest BCUT2D eigenvalue weighted by Crippen LogP contribution is -2.53. The highest BCUT2D eigenvalue weighted by molar-refractivity contribution is 5.86. The summed E-state index contributed by atoms with van der Waals surface area (Å²) in [7, 11) is 1.66. The number of amides is 1. The molecule has 1 aromatic carbocycles. The maximum Gasteiger partial charge on any atom is 0.226 e. The van der Waals surface area contributed by atoms with Crippen LogP contribution in [0.2, 0.25) is 0 Å². The van der Waals surface area contributed by atoms with Crippen LogP contribution in [0.3, 0.4) is 0 Å². The summed E-state index contributed by atoms with van der Waals surface area (Å²) in [5.41, 5.74) is 2.50. The van der Waals surface area contributed by atoms with E-state index in [0.29, 0.717) is 30.8 Å². The average Bonchev–Trinajstić information content (AvgIpc) is 2.98. The van der Waals surface area contributed by atoms with Crippen LogP contribution in [-0.2, 0) is 11.3 Å². The maximum absolute atomic E-state index is 11.6. The molecule has 0 unspecified atom stereocenters. The summed E-state index contributed by atoms with van der Waals surface area (Å²) in [6.07, 6.45) is 1.52. The number of rotatable bonds is 4. The van der Waals surface area contributed by atoms with Crippen molar-refractivity contribution in [3.8, 4) is 0 Å². The monoisotopic (exact) mass is 323 g/mol. The summed E-state index contributed by atoms with van der Waals surface area (Å²) in [5.74, 6) is 0.795. The van der Waals surface area contributed by atoms with E-state index in [1.54, 1.807) is 11.7 Å². The SMILES string of the molecule is CNC(=O)C1CN(c2ncnc3c2nnn3Cc2ccccc2)C1. The molecule has 2 aromatic heterocycles. The zero-order valence-electron chi connectivity index (χ0n) is 13.3. The highest BCUT2D eigenvalue weighted by Crippen LogP contribution is 2.27. The number of benzene rings is 1. The molecule has 122 valence electrons. The van der Waals surface area contributed by atoms with Gasteiger partial charge in [-0.15, -0.1) is 5.10 Å². The van der Waals surface area contributed by atoms with Gasteiger partial charge in [0.05, 0.1) is 12.5 Å². The van der Waals surface area contributed by atoms with Crippen LogP contribution in [0.4, 0.5) is 5.82 Å².